The number of rotatable bonds is 5. The van der Waals surface area contributed by atoms with E-state index in [9.17, 15) is 30.7 Å². The van der Waals surface area contributed by atoms with Crippen molar-refractivity contribution in [2.75, 3.05) is 7.11 Å². The molecule has 0 bridgehead atoms. The van der Waals surface area contributed by atoms with Gasteiger partial charge in [0.05, 0.1) is 12.0 Å². The van der Waals surface area contributed by atoms with Crippen molar-refractivity contribution in [2.45, 2.75) is 37.0 Å². The fourth-order valence-electron chi connectivity index (χ4n) is 1.91. The van der Waals surface area contributed by atoms with Crippen molar-refractivity contribution in [2.24, 2.45) is 0 Å². The molecule has 126 valence electrons. The van der Waals surface area contributed by atoms with Crippen LogP contribution in [0.5, 0.6) is 0 Å². The summed E-state index contributed by atoms with van der Waals surface area (Å²) >= 11 is 5.79. The van der Waals surface area contributed by atoms with Crippen LogP contribution < -0.4 is 0 Å². The minimum absolute atomic E-state index is 0.0852. The number of hydrogen-bond donors (Lipinski definition) is 0. The third kappa shape index (κ3) is 3.32. The Bertz CT molecular complexity index is 529. The van der Waals surface area contributed by atoms with E-state index < -0.39 is 30.0 Å². The Morgan fingerprint density at radius 2 is 1.50 bits per heavy atom. The van der Waals surface area contributed by atoms with Crippen molar-refractivity contribution in [1.29, 1.82) is 0 Å². The number of hydrogen-bond acceptors (Lipinski definition) is 1. The normalized spacial score (nSPS) is 16.5. The number of methoxy groups -OCH3 is 1. The summed E-state index contributed by atoms with van der Waals surface area (Å²) in [5.74, 6) is -11.6. The molecule has 0 fully saturated rings. The van der Waals surface area contributed by atoms with Gasteiger partial charge in [0.15, 0.2) is 0 Å². The molecule has 1 aromatic rings. The molecule has 0 aliphatic rings. The molecule has 22 heavy (non-hydrogen) atoms. The molecule has 0 saturated heterocycles. The second-order valence-corrected chi connectivity index (χ2v) is 5.28. The van der Waals surface area contributed by atoms with E-state index in [1.807, 2.05) is 0 Å². The monoisotopic (exact) mass is 352 g/mol. The van der Waals surface area contributed by atoms with E-state index in [1.54, 1.807) is 0 Å². The molecule has 1 unspecified atom stereocenters. The highest BCUT2D eigenvalue weighted by molar-refractivity contribution is 6.31. The first kappa shape index (κ1) is 19.0. The molecule has 1 nitrogen and oxygen atoms in total. The molecule has 1 atom stereocenters. The Balaban J connectivity index is 3.26. The molecule has 0 saturated carbocycles. The Morgan fingerprint density at radius 1 is 1.00 bits per heavy atom. The van der Waals surface area contributed by atoms with Gasteiger partial charge in [-0.3, -0.25) is 0 Å². The summed E-state index contributed by atoms with van der Waals surface area (Å²) in [5, 5.41) is -0.0852. The topological polar surface area (TPSA) is 9.23 Å². The second kappa shape index (κ2) is 5.88. The molecular weight excluding hydrogens is 341 g/mol. The fourth-order valence-corrected chi connectivity index (χ4v) is 2.25. The van der Waals surface area contributed by atoms with Gasteiger partial charge in [-0.25, -0.2) is 0 Å². The molecule has 0 radical (unpaired) electrons. The summed E-state index contributed by atoms with van der Waals surface area (Å²) in [7, 11) is 0.922. The van der Waals surface area contributed by atoms with Gasteiger partial charge in [0.2, 0.25) is 0 Å². The zero-order chi connectivity index (χ0) is 17.4. The third-order valence-electron chi connectivity index (χ3n) is 3.27. The van der Waals surface area contributed by atoms with E-state index in [-0.39, 0.29) is 10.6 Å². The predicted molar refractivity (Wildman–Crippen MR) is 66.4 cm³/mol. The van der Waals surface area contributed by atoms with E-state index in [2.05, 4.69) is 0 Å². The summed E-state index contributed by atoms with van der Waals surface area (Å²) in [4.78, 5) is 0. The maximum Gasteiger partial charge on any atom is 0.459 e. The quantitative estimate of drug-likeness (QED) is 0.642. The minimum atomic E-state index is -6.38. The van der Waals surface area contributed by atoms with E-state index in [1.165, 1.54) is 24.3 Å². The molecule has 1 rings (SSSR count). The molecule has 9 heteroatoms. The van der Waals surface area contributed by atoms with E-state index in [0.29, 0.717) is 0 Å². The van der Waals surface area contributed by atoms with Gasteiger partial charge >= 0.3 is 18.0 Å². The zero-order valence-electron chi connectivity index (χ0n) is 11.4. The van der Waals surface area contributed by atoms with Gasteiger partial charge in [0.25, 0.3) is 0 Å². The first-order valence-electron chi connectivity index (χ1n) is 5.91. The lowest BCUT2D eigenvalue weighted by Crippen LogP contribution is -2.54. The molecule has 0 spiro atoms. The van der Waals surface area contributed by atoms with Crippen molar-refractivity contribution < 1.29 is 35.5 Å². The van der Waals surface area contributed by atoms with Gasteiger partial charge < -0.3 is 4.74 Å². The fraction of sp³-hybridized carbons (Fsp3) is 0.538. The second-order valence-electron chi connectivity index (χ2n) is 4.87. The summed E-state index contributed by atoms with van der Waals surface area (Å²) in [6, 6.07) is 5.32. The van der Waals surface area contributed by atoms with E-state index >= 15 is 0 Å². The van der Waals surface area contributed by atoms with Crippen LogP contribution in [-0.2, 0) is 10.3 Å². The molecule has 0 amide bonds. The van der Waals surface area contributed by atoms with Crippen molar-refractivity contribution in [3.8, 4) is 0 Å². The first-order valence-corrected chi connectivity index (χ1v) is 6.29. The maximum atomic E-state index is 13.6. The smallest absolute Gasteiger partial charge is 0.374 e. The lowest BCUT2D eigenvalue weighted by Gasteiger charge is -2.36. The molecule has 0 heterocycles. The van der Waals surface area contributed by atoms with Crippen LogP contribution in [0, 0.1) is 0 Å². The van der Waals surface area contributed by atoms with Gasteiger partial charge in [-0.1, -0.05) is 29.8 Å². The molecule has 0 aliphatic carbocycles. The lowest BCUT2D eigenvalue weighted by atomic mass is 9.87. The Morgan fingerprint density at radius 3 is 1.91 bits per heavy atom. The van der Waals surface area contributed by atoms with Gasteiger partial charge in [-0.2, -0.15) is 30.7 Å². The van der Waals surface area contributed by atoms with Crippen molar-refractivity contribution in [1.82, 2.24) is 0 Å². The average molecular weight is 353 g/mol. The molecule has 1 aromatic carbocycles. The summed E-state index contributed by atoms with van der Waals surface area (Å²) in [6.45, 7) is 0.967. The summed E-state index contributed by atoms with van der Waals surface area (Å²) < 4.78 is 94.6. The summed E-state index contributed by atoms with van der Waals surface area (Å²) in [6.07, 6.45) is -8.28. The van der Waals surface area contributed by atoms with Crippen LogP contribution in [0.25, 0.3) is 0 Å². The number of benzene rings is 1. The zero-order valence-corrected chi connectivity index (χ0v) is 12.2. The first-order chi connectivity index (χ1) is 9.78. The van der Waals surface area contributed by atoms with Gasteiger partial charge in [-0.15, -0.1) is 0 Å². The standard InChI is InChI=1S/C13H12ClF7O/c1-10(22-2,8-5-3-4-6-9(8)14)7-11(15,16)12(17,18)13(19,20)21/h3-6H,7H2,1-2H3. The largest absolute Gasteiger partial charge is 0.459 e. The Hall–Kier alpha value is -1.02. The minimum Gasteiger partial charge on any atom is -0.374 e. The number of halogens is 8. The van der Waals surface area contributed by atoms with Crippen LogP contribution in [0.3, 0.4) is 0 Å². The average Bonchev–Trinajstić information content (AvgIpc) is 2.37. The highest BCUT2D eigenvalue weighted by Crippen LogP contribution is 2.51. The van der Waals surface area contributed by atoms with Crippen molar-refractivity contribution in [3.63, 3.8) is 0 Å². The third-order valence-corrected chi connectivity index (χ3v) is 3.60. The van der Waals surface area contributed by atoms with Crippen LogP contribution in [0.4, 0.5) is 30.7 Å². The Labute approximate surface area is 127 Å². The van der Waals surface area contributed by atoms with Crippen molar-refractivity contribution >= 4 is 11.6 Å². The van der Waals surface area contributed by atoms with Gasteiger partial charge in [-0.05, 0) is 13.0 Å². The van der Waals surface area contributed by atoms with Crippen LogP contribution in [0.2, 0.25) is 5.02 Å². The van der Waals surface area contributed by atoms with Crippen LogP contribution in [-0.4, -0.2) is 25.1 Å². The highest BCUT2D eigenvalue weighted by atomic mass is 35.5. The molecule has 0 N–H and O–H groups in total. The van der Waals surface area contributed by atoms with Crippen LogP contribution in [0.1, 0.15) is 18.9 Å². The van der Waals surface area contributed by atoms with Crippen molar-refractivity contribution in [3.05, 3.63) is 34.9 Å². The number of ether oxygens (including phenoxy) is 1. The lowest BCUT2D eigenvalue weighted by molar-refractivity contribution is -0.361. The van der Waals surface area contributed by atoms with E-state index in [0.717, 1.165) is 14.0 Å². The highest BCUT2D eigenvalue weighted by Gasteiger charge is 2.73. The molecule has 0 aliphatic heterocycles. The summed E-state index contributed by atoms with van der Waals surface area (Å²) in [5.41, 5.74) is -2.24. The molecular formula is C13H12ClF7O. The van der Waals surface area contributed by atoms with Crippen LogP contribution in [0.15, 0.2) is 24.3 Å². The predicted octanol–water partition coefficient (Wildman–Crippen LogP) is 5.42. The van der Waals surface area contributed by atoms with Gasteiger partial charge in [0, 0.05) is 17.7 Å². The SMILES string of the molecule is COC(C)(CC(F)(F)C(F)(F)C(F)(F)F)c1ccccc1Cl. The Kier molecular flexibility index (Phi) is 5.09. The van der Waals surface area contributed by atoms with Gasteiger partial charge in [0.1, 0.15) is 0 Å². The number of alkyl halides is 7. The van der Waals surface area contributed by atoms with Crippen LogP contribution >= 0.6 is 11.6 Å². The van der Waals surface area contributed by atoms with E-state index in [4.69, 9.17) is 16.3 Å². The maximum absolute atomic E-state index is 13.6. The molecule has 0 aromatic heterocycles.